The molecule has 1 aromatic carbocycles. The molecule has 0 aliphatic rings. The molecule has 0 radical (unpaired) electrons. The highest BCUT2D eigenvalue weighted by atomic mass is 32.2. The van der Waals surface area contributed by atoms with Crippen LogP contribution in [0.25, 0.3) is 0 Å². The molecule has 0 fully saturated rings. The Morgan fingerprint density at radius 3 is 2.52 bits per heavy atom. The second kappa shape index (κ2) is 11.6. The summed E-state index contributed by atoms with van der Waals surface area (Å²) in [4.78, 5) is 4.30. The van der Waals surface area contributed by atoms with E-state index in [1.165, 1.54) is 19.2 Å². The normalized spacial score (nSPS) is 11.3. The van der Waals surface area contributed by atoms with E-state index in [-0.39, 0.29) is 16.5 Å². The molecule has 29 heavy (non-hydrogen) atoms. The van der Waals surface area contributed by atoms with E-state index in [1.807, 2.05) is 0 Å². The third kappa shape index (κ3) is 7.17. The molecule has 0 saturated heterocycles. The summed E-state index contributed by atoms with van der Waals surface area (Å²) < 4.78 is 50.8. The van der Waals surface area contributed by atoms with Crippen LogP contribution in [0.15, 0.2) is 41.3 Å². The molecule has 2 aromatic rings. The van der Waals surface area contributed by atoms with Gasteiger partial charge in [0.25, 0.3) is 10.0 Å². The third-order valence-electron chi connectivity index (χ3n) is 4.06. The molecule has 9 heteroatoms. The van der Waals surface area contributed by atoms with E-state index in [4.69, 9.17) is 9.47 Å². The first kappa shape index (κ1) is 22.9. The number of hydrogen-bond acceptors (Lipinski definition) is 6. The number of alkyl halides is 1. The molecule has 7 nitrogen and oxygen atoms in total. The number of rotatable bonds is 13. The number of ether oxygens (including phenoxy) is 2. The maximum atomic E-state index is 12.7. The maximum Gasteiger partial charge on any atom is 0.262 e. The van der Waals surface area contributed by atoms with Crippen molar-refractivity contribution in [1.29, 1.82) is 0 Å². The van der Waals surface area contributed by atoms with Gasteiger partial charge in [-0.3, -0.25) is 9.11 Å². The van der Waals surface area contributed by atoms with Crippen molar-refractivity contribution in [2.24, 2.45) is 0 Å². The topological polar surface area (TPSA) is 89.6 Å². The lowest BCUT2D eigenvalue weighted by Crippen LogP contribution is -2.21. The van der Waals surface area contributed by atoms with Crippen LogP contribution in [-0.4, -0.2) is 46.9 Å². The van der Waals surface area contributed by atoms with Crippen LogP contribution in [-0.2, 0) is 16.4 Å². The van der Waals surface area contributed by atoms with Crippen LogP contribution in [0.4, 0.5) is 10.1 Å². The summed E-state index contributed by atoms with van der Waals surface area (Å²) in [5, 5.41) is 3.22. The van der Waals surface area contributed by atoms with Crippen molar-refractivity contribution < 1.29 is 22.3 Å². The number of methoxy groups -OCH3 is 1. The average Bonchev–Trinajstić information content (AvgIpc) is 2.73. The molecular formula is C20H28FN3O4S. The minimum atomic E-state index is -3.82. The predicted octanol–water partition coefficient (Wildman–Crippen LogP) is 3.17. The highest BCUT2D eigenvalue weighted by molar-refractivity contribution is 7.92. The van der Waals surface area contributed by atoms with Gasteiger partial charge in [-0.15, -0.1) is 0 Å². The second-order valence-electron chi connectivity index (χ2n) is 6.35. The lowest BCUT2D eigenvalue weighted by atomic mass is 10.1. The van der Waals surface area contributed by atoms with Crippen LogP contribution < -0.4 is 19.5 Å². The van der Waals surface area contributed by atoms with Gasteiger partial charge in [0.15, 0.2) is 0 Å². The van der Waals surface area contributed by atoms with E-state index in [0.717, 1.165) is 18.5 Å². The molecule has 0 bridgehead atoms. The lowest BCUT2D eigenvalue weighted by molar-refractivity contribution is 0.296. The number of benzene rings is 1. The summed E-state index contributed by atoms with van der Waals surface area (Å²) in [6.07, 6.45) is 2.02. The zero-order valence-electron chi connectivity index (χ0n) is 16.8. The van der Waals surface area contributed by atoms with Crippen LogP contribution >= 0.6 is 0 Å². The van der Waals surface area contributed by atoms with Crippen molar-refractivity contribution in [2.75, 3.05) is 38.2 Å². The number of hydrogen-bond donors (Lipinski definition) is 2. The van der Waals surface area contributed by atoms with E-state index in [2.05, 4.69) is 21.9 Å². The Bertz CT molecular complexity index is 861. The van der Waals surface area contributed by atoms with Crippen molar-refractivity contribution in [3.63, 3.8) is 0 Å². The molecule has 160 valence electrons. The van der Waals surface area contributed by atoms with Crippen molar-refractivity contribution in [2.45, 2.75) is 31.1 Å². The van der Waals surface area contributed by atoms with Gasteiger partial charge < -0.3 is 14.8 Å². The highest BCUT2D eigenvalue weighted by Crippen LogP contribution is 2.27. The van der Waals surface area contributed by atoms with Gasteiger partial charge in [0.2, 0.25) is 11.8 Å². The Balaban J connectivity index is 2.05. The molecule has 1 heterocycles. The summed E-state index contributed by atoms with van der Waals surface area (Å²) in [5.74, 6) is 0.465. The molecule has 0 spiro atoms. The molecule has 0 unspecified atom stereocenters. The molecule has 2 rings (SSSR count). The Hall–Kier alpha value is -2.39. The molecule has 0 amide bonds. The van der Waals surface area contributed by atoms with Crippen LogP contribution in [0.5, 0.6) is 11.8 Å². The second-order valence-corrected chi connectivity index (χ2v) is 8.03. The van der Waals surface area contributed by atoms with Gasteiger partial charge in [-0.25, -0.2) is 8.42 Å². The average molecular weight is 426 g/mol. The van der Waals surface area contributed by atoms with Crippen molar-refractivity contribution in [3.05, 3.63) is 42.0 Å². The van der Waals surface area contributed by atoms with E-state index in [0.29, 0.717) is 31.9 Å². The first-order valence-electron chi connectivity index (χ1n) is 9.56. The zero-order chi connectivity index (χ0) is 21.1. The number of aryl methyl sites for hydroxylation is 1. The Morgan fingerprint density at radius 1 is 1.10 bits per heavy atom. The smallest absolute Gasteiger partial charge is 0.262 e. The van der Waals surface area contributed by atoms with E-state index in [9.17, 15) is 12.8 Å². The fraction of sp³-hybridized carbons (Fsp3) is 0.450. The summed E-state index contributed by atoms with van der Waals surface area (Å²) >= 11 is 0. The summed E-state index contributed by atoms with van der Waals surface area (Å²) in [5.41, 5.74) is 1.10. The number of sulfonamides is 1. The third-order valence-corrected chi connectivity index (χ3v) is 5.44. The molecule has 0 aliphatic carbocycles. The number of nitrogens with one attached hydrogen (secondary N) is 2. The van der Waals surface area contributed by atoms with Gasteiger partial charge in [-0.2, -0.15) is 4.98 Å². The Labute approximate surface area is 171 Å². The minimum Gasteiger partial charge on any atom is -0.479 e. The van der Waals surface area contributed by atoms with E-state index in [1.54, 1.807) is 24.3 Å². The number of anilines is 1. The largest absolute Gasteiger partial charge is 0.479 e. The monoisotopic (exact) mass is 425 g/mol. The Morgan fingerprint density at radius 2 is 1.86 bits per heavy atom. The summed E-state index contributed by atoms with van der Waals surface area (Å²) in [6, 6.07) is 9.49. The van der Waals surface area contributed by atoms with Gasteiger partial charge in [0, 0.05) is 12.6 Å². The number of nitrogens with zero attached hydrogens (tertiary/aromatic N) is 1. The first-order valence-corrected chi connectivity index (χ1v) is 11.0. The van der Waals surface area contributed by atoms with Gasteiger partial charge in [0.1, 0.15) is 12.3 Å². The number of aromatic nitrogens is 1. The zero-order valence-corrected chi connectivity index (χ0v) is 17.6. The van der Waals surface area contributed by atoms with E-state index >= 15 is 0 Å². The molecule has 0 saturated carbocycles. The SMILES string of the molecule is CCCNCCOc1ccc(NS(=O)(=O)c2ccc(CCCF)cc2)c(OC)n1. The van der Waals surface area contributed by atoms with Crippen molar-refractivity contribution in [3.8, 4) is 11.8 Å². The number of pyridine rings is 1. The van der Waals surface area contributed by atoms with E-state index < -0.39 is 16.7 Å². The van der Waals surface area contributed by atoms with Gasteiger partial charge in [-0.1, -0.05) is 19.1 Å². The molecule has 2 N–H and O–H groups in total. The highest BCUT2D eigenvalue weighted by Gasteiger charge is 2.18. The summed E-state index contributed by atoms with van der Waals surface area (Å²) in [7, 11) is -2.41. The van der Waals surface area contributed by atoms with Crippen LogP contribution in [0.1, 0.15) is 25.3 Å². The van der Waals surface area contributed by atoms with Gasteiger partial charge in [-0.05, 0) is 49.6 Å². The molecular weight excluding hydrogens is 397 g/mol. The molecule has 0 aliphatic heterocycles. The van der Waals surface area contributed by atoms with Crippen molar-refractivity contribution in [1.82, 2.24) is 10.3 Å². The molecule has 1 aromatic heterocycles. The minimum absolute atomic E-state index is 0.103. The van der Waals surface area contributed by atoms with Crippen LogP contribution in [0, 0.1) is 0 Å². The van der Waals surface area contributed by atoms with Crippen LogP contribution in [0.3, 0.4) is 0 Å². The standard InChI is InChI=1S/C20H28FN3O4S/c1-3-13-22-14-15-28-19-11-10-18(20(23-19)27-2)24-29(25,26)17-8-6-16(7-9-17)5-4-12-21/h6-11,22,24H,3-5,12-15H2,1-2H3. The maximum absolute atomic E-state index is 12.7. The van der Waals surface area contributed by atoms with Gasteiger partial charge in [0.05, 0.1) is 18.7 Å². The van der Waals surface area contributed by atoms with Crippen molar-refractivity contribution >= 4 is 15.7 Å². The predicted molar refractivity (Wildman–Crippen MR) is 111 cm³/mol. The molecule has 0 atom stereocenters. The number of halogens is 1. The fourth-order valence-electron chi connectivity index (χ4n) is 2.58. The first-order chi connectivity index (χ1) is 14.0. The van der Waals surface area contributed by atoms with Gasteiger partial charge >= 0.3 is 0 Å². The lowest BCUT2D eigenvalue weighted by Gasteiger charge is -2.13. The van der Waals surface area contributed by atoms with Crippen LogP contribution in [0.2, 0.25) is 0 Å². The quantitative estimate of drug-likeness (QED) is 0.479. The fourth-order valence-corrected chi connectivity index (χ4v) is 3.63. The Kier molecular flexibility index (Phi) is 9.14. The summed E-state index contributed by atoms with van der Waals surface area (Å²) in [6.45, 7) is 3.73.